The van der Waals surface area contributed by atoms with E-state index in [0.717, 1.165) is 17.2 Å². The summed E-state index contributed by atoms with van der Waals surface area (Å²) >= 11 is 0. The molecule has 26 heavy (non-hydrogen) atoms. The van der Waals surface area contributed by atoms with E-state index in [1.165, 1.54) is 7.11 Å². The molecule has 1 fully saturated rings. The van der Waals surface area contributed by atoms with Crippen molar-refractivity contribution in [1.82, 2.24) is 10.3 Å². The quantitative estimate of drug-likeness (QED) is 0.821. The third-order valence-corrected chi connectivity index (χ3v) is 5.08. The van der Waals surface area contributed by atoms with Crippen LogP contribution in [0.1, 0.15) is 30.6 Å². The van der Waals surface area contributed by atoms with E-state index >= 15 is 0 Å². The van der Waals surface area contributed by atoms with Gasteiger partial charge in [-0.15, -0.1) is 0 Å². The molecular formula is C19H23N3O4. The third-order valence-electron chi connectivity index (χ3n) is 5.08. The molecule has 3 atom stereocenters. The predicted molar refractivity (Wildman–Crippen MR) is 97.2 cm³/mol. The lowest BCUT2D eigenvalue weighted by Gasteiger charge is -2.20. The minimum atomic E-state index is -0.559. The maximum Gasteiger partial charge on any atom is 0.252 e. The standard InChI is InChI=1S/C19H23N3O4/c1-4-12-10(2)18(24)22-15(12)9-26-19-13-8-16(25-3)14(17(20)23)7-11(13)5-6-21-19/h5-8,10,12,15H,4,9H2,1-3H3,(H2,20,23)(H,22,24)/t10-,12-,15-/m1/s1. The molecule has 1 saturated heterocycles. The van der Waals surface area contributed by atoms with Crippen LogP contribution in [0.4, 0.5) is 0 Å². The van der Waals surface area contributed by atoms with E-state index in [2.05, 4.69) is 17.2 Å². The smallest absolute Gasteiger partial charge is 0.252 e. The maximum atomic E-state index is 11.9. The van der Waals surface area contributed by atoms with Gasteiger partial charge in [-0.2, -0.15) is 0 Å². The number of nitrogens with two attached hydrogens (primary N) is 1. The van der Waals surface area contributed by atoms with Gasteiger partial charge in [-0.3, -0.25) is 9.59 Å². The van der Waals surface area contributed by atoms with Gasteiger partial charge < -0.3 is 20.5 Å². The van der Waals surface area contributed by atoms with Crippen LogP contribution in [0.2, 0.25) is 0 Å². The van der Waals surface area contributed by atoms with Crippen LogP contribution in [0.15, 0.2) is 24.4 Å². The molecule has 2 heterocycles. The Morgan fingerprint density at radius 1 is 1.38 bits per heavy atom. The van der Waals surface area contributed by atoms with Gasteiger partial charge in [-0.1, -0.05) is 20.3 Å². The SMILES string of the molecule is CC[C@H]1[C@@H](COc2nccc3cc(C(N)=O)c(OC)cc23)NC(=O)[C@@H]1C. The Balaban J connectivity index is 1.89. The first-order valence-corrected chi connectivity index (χ1v) is 8.66. The molecule has 138 valence electrons. The van der Waals surface area contributed by atoms with Crippen LogP contribution in [-0.4, -0.2) is 36.6 Å². The summed E-state index contributed by atoms with van der Waals surface area (Å²) in [7, 11) is 1.48. The van der Waals surface area contributed by atoms with Crippen molar-refractivity contribution >= 4 is 22.6 Å². The van der Waals surface area contributed by atoms with Crippen molar-refractivity contribution < 1.29 is 19.1 Å². The number of hydrogen-bond acceptors (Lipinski definition) is 5. The lowest BCUT2D eigenvalue weighted by Crippen LogP contribution is -2.34. The first-order chi connectivity index (χ1) is 12.5. The summed E-state index contributed by atoms with van der Waals surface area (Å²) in [6, 6.07) is 5.10. The van der Waals surface area contributed by atoms with E-state index in [0.29, 0.717) is 23.8 Å². The van der Waals surface area contributed by atoms with Crippen LogP contribution in [0.25, 0.3) is 10.8 Å². The maximum absolute atomic E-state index is 11.9. The Bertz CT molecular complexity index is 852. The van der Waals surface area contributed by atoms with Crippen molar-refractivity contribution in [1.29, 1.82) is 0 Å². The molecule has 2 aromatic rings. The number of nitrogens with one attached hydrogen (secondary N) is 1. The molecule has 0 saturated carbocycles. The second-order valence-corrected chi connectivity index (χ2v) is 6.54. The lowest BCUT2D eigenvalue weighted by atomic mass is 9.90. The van der Waals surface area contributed by atoms with Gasteiger partial charge in [0.15, 0.2) is 0 Å². The summed E-state index contributed by atoms with van der Waals surface area (Å²) in [5.74, 6) is 0.513. The van der Waals surface area contributed by atoms with E-state index in [1.54, 1.807) is 24.4 Å². The number of primary amides is 1. The topological polar surface area (TPSA) is 104 Å². The number of benzene rings is 1. The molecule has 0 spiro atoms. The first kappa shape index (κ1) is 18.0. The molecule has 3 rings (SSSR count). The molecule has 3 N–H and O–H groups in total. The number of hydrogen-bond donors (Lipinski definition) is 2. The summed E-state index contributed by atoms with van der Waals surface area (Å²) in [5.41, 5.74) is 5.72. The second kappa shape index (κ2) is 7.19. The first-order valence-electron chi connectivity index (χ1n) is 8.66. The van der Waals surface area contributed by atoms with Crippen LogP contribution in [-0.2, 0) is 4.79 Å². The molecule has 1 aliphatic rings. The van der Waals surface area contributed by atoms with Gasteiger partial charge in [-0.25, -0.2) is 4.98 Å². The number of ether oxygens (including phenoxy) is 2. The highest BCUT2D eigenvalue weighted by Crippen LogP contribution is 2.32. The summed E-state index contributed by atoms with van der Waals surface area (Å²) in [6.45, 7) is 4.34. The monoisotopic (exact) mass is 357 g/mol. The molecule has 1 aromatic carbocycles. The second-order valence-electron chi connectivity index (χ2n) is 6.54. The highest BCUT2D eigenvalue weighted by atomic mass is 16.5. The molecule has 7 heteroatoms. The van der Waals surface area contributed by atoms with Crippen molar-refractivity contribution in [3.63, 3.8) is 0 Å². The number of nitrogens with zero attached hydrogens (tertiary/aromatic N) is 1. The number of carbonyl (C=O) groups excluding carboxylic acids is 2. The van der Waals surface area contributed by atoms with Gasteiger partial charge in [-0.05, 0) is 29.5 Å². The van der Waals surface area contributed by atoms with Crippen LogP contribution < -0.4 is 20.5 Å². The molecule has 0 aliphatic carbocycles. The van der Waals surface area contributed by atoms with Crippen molar-refractivity contribution in [2.24, 2.45) is 17.6 Å². The average Bonchev–Trinajstić information content (AvgIpc) is 2.91. The van der Waals surface area contributed by atoms with Crippen LogP contribution in [0, 0.1) is 11.8 Å². The zero-order valence-corrected chi connectivity index (χ0v) is 15.1. The minimum absolute atomic E-state index is 0.0210. The molecule has 7 nitrogen and oxygen atoms in total. The lowest BCUT2D eigenvalue weighted by molar-refractivity contribution is -0.122. The number of aromatic nitrogens is 1. The number of rotatable bonds is 6. The third kappa shape index (κ3) is 3.16. The van der Waals surface area contributed by atoms with E-state index in [4.69, 9.17) is 15.2 Å². The van der Waals surface area contributed by atoms with Crippen LogP contribution in [0.3, 0.4) is 0 Å². The Hall–Kier alpha value is -2.83. The van der Waals surface area contributed by atoms with Crippen molar-refractivity contribution in [2.45, 2.75) is 26.3 Å². The largest absolute Gasteiger partial charge is 0.496 e. The number of carbonyl (C=O) groups is 2. The number of methoxy groups -OCH3 is 1. The minimum Gasteiger partial charge on any atom is -0.496 e. The Kier molecular flexibility index (Phi) is 4.97. The summed E-state index contributed by atoms with van der Waals surface area (Å²) < 4.78 is 11.2. The Morgan fingerprint density at radius 2 is 2.15 bits per heavy atom. The number of pyridine rings is 1. The van der Waals surface area contributed by atoms with Crippen molar-refractivity contribution in [2.75, 3.05) is 13.7 Å². The molecule has 0 bridgehead atoms. The van der Waals surface area contributed by atoms with Crippen molar-refractivity contribution in [3.05, 3.63) is 30.0 Å². The summed E-state index contributed by atoms with van der Waals surface area (Å²) in [5, 5.41) is 4.49. The number of amides is 2. The molecular weight excluding hydrogens is 334 g/mol. The van der Waals surface area contributed by atoms with Gasteiger partial charge in [0.25, 0.3) is 5.91 Å². The van der Waals surface area contributed by atoms with Gasteiger partial charge in [0.1, 0.15) is 12.4 Å². The van der Waals surface area contributed by atoms with E-state index in [1.807, 2.05) is 6.92 Å². The zero-order valence-electron chi connectivity index (χ0n) is 15.1. The van der Waals surface area contributed by atoms with Gasteiger partial charge in [0, 0.05) is 17.5 Å². The highest BCUT2D eigenvalue weighted by Gasteiger charge is 2.38. The van der Waals surface area contributed by atoms with E-state index < -0.39 is 5.91 Å². The molecule has 1 aromatic heterocycles. The highest BCUT2D eigenvalue weighted by molar-refractivity contribution is 6.01. The van der Waals surface area contributed by atoms with Gasteiger partial charge in [0.2, 0.25) is 11.8 Å². The average molecular weight is 357 g/mol. The zero-order chi connectivity index (χ0) is 18.8. The molecule has 0 unspecified atom stereocenters. The fourth-order valence-electron chi connectivity index (χ4n) is 3.59. The fraction of sp³-hybridized carbons (Fsp3) is 0.421. The predicted octanol–water partition coefficient (Wildman–Crippen LogP) is 1.88. The van der Waals surface area contributed by atoms with Crippen molar-refractivity contribution in [3.8, 4) is 11.6 Å². The Labute approximate surface area is 151 Å². The Morgan fingerprint density at radius 3 is 2.81 bits per heavy atom. The molecule has 0 radical (unpaired) electrons. The van der Waals surface area contributed by atoms with E-state index in [-0.39, 0.29) is 23.8 Å². The summed E-state index contributed by atoms with van der Waals surface area (Å²) in [6.07, 6.45) is 2.51. The van der Waals surface area contributed by atoms with E-state index in [9.17, 15) is 9.59 Å². The van der Waals surface area contributed by atoms with Gasteiger partial charge >= 0.3 is 0 Å². The van der Waals surface area contributed by atoms with Crippen LogP contribution in [0.5, 0.6) is 11.6 Å². The molecule has 1 aliphatic heterocycles. The fourth-order valence-corrected chi connectivity index (χ4v) is 3.59. The molecule has 2 amide bonds. The number of fused-ring (bicyclic) bond motifs is 1. The normalized spacial score (nSPS) is 22.3. The van der Waals surface area contributed by atoms with Crippen LogP contribution >= 0.6 is 0 Å². The van der Waals surface area contributed by atoms with Gasteiger partial charge in [0.05, 0.1) is 18.7 Å². The summed E-state index contributed by atoms with van der Waals surface area (Å²) in [4.78, 5) is 27.8.